The van der Waals surface area contributed by atoms with Gasteiger partial charge in [0, 0.05) is 6.21 Å². The molecule has 0 spiro atoms. The van der Waals surface area contributed by atoms with Crippen LogP contribution < -0.4 is 0 Å². The fourth-order valence-corrected chi connectivity index (χ4v) is 0.630. The van der Waals surface area contributed by atoms with Gasteiger partial charge in [-0.25, -0.2) is 0 Å². The Morgan fingerprint density at radius 1 is 1.62 bits per heavy atom. The largest absolute Gasteiger partial charge is 0.522 e. The number of hydrogen-bond acceptors (Lipinski definition) is 3. The minimum atomic E-state index is 0.112. The average molecular weight is 127 g/mol. The summed E-state index contributed by atoms with van der Waals surface area (Å²) in [6.45, 7) is 0.544. The molecule has 0 aromatic rings. The second kappa shape index (κ2) is 3.40. The van der Waals surface area contributed by atoms with Crippen LogP contribution in [0.3, 0.4) is 0 Å². The Labute approximate surface area is 50.1 Å². The first-order valence-electron chi connectivity index (χ1n) is 2.19. The van der Waals surface area contributed by atoms with Gasteiger partial charge >= 0.3 is 10.0 Å². The number of nitrogens with zero attached hydrogens (tertiary/aromatic N) is 1. The molecule has 0 saturated heterocycles. The lowest BCUT2D eigenvalue weighted by Gasteiger charge is -1.97. The van der Waals surface area contributed by atoms with Gasteiger partial charge in [-0.05, 0) is 0 Å². The fraction of sp³-hybridized carbons (Fsp3) is 0.250. The van der Waals surface area contributed by atoms with Gasteiger partial charge in [-0.15, -0.1) is 0 Å². The number of hydrogen-bond donors (Lipinski definition) is 0. The second-order valence-electron chi connectivity index (χ2n) is 1.13. The van der Waals surface area contributed by atoms with E-state index in [4.69, 9.17) is 8.85 Å². The van der Waals surface area contributed by atoms with Crippen molar-refractivity contribution in [2.75, 3.05) is 6.61 Å². The normalized spacial score (nSPS) is 23.0. The standard InChI is InChI=1S/C4H5NO2Si/c1-3-6-8-7-4-2-5-1/h1-3H,4H2/b3-1-,5-2?. The molecule has 0 unspecified atom stereocenters. The zero-order valence-electron chi connectivity index (χ0n) is 4.20. The lowest BCUT2D eigenvalue weighted by Crippen LogP contribution is -2.04. The highest BCUT2D eigenvalue weighted by atomic mass is 28.3. The molecule has 2 radical (unpaired) electrons. The van der Waals surface area contributed by atoms with Crippen molar-refractivity contribution in [1.29, 1.82) is 0 Å². The first kappa shape index (κ1) is 5.52. The lowest BCUT2D eigenvalue weighted by atomic mass is 10.8. The lowest BCUT2D eigenvalue weighted by molar-refractivity contribution is 0.314. The van der Waals surface area contributed by atoms with Gasteiger partial charge in [0.1, 0.15) is 0 Å². The second-order valence-corrected chi connectivity index (χ2v) is 1.82. The van der Waals surface area contributed by atoms with E-state index < -0.39 is 0 Å². The van der Waals surface area contributed by atoms with E-state index in [9.17, 15) is 0 Å². The Balaban J connectivity index is 2.33. The van der Waals surface area contributed by atoms with Crippen LogP contribution in [0.25, 0.3) is 0 Å². The van der Waals surface area contributed by atoms with Gasteiger partial charge in [-0.1, -0.05) is 0 Å². The van der Waals surface area contributed by atoms with Crippen LogP contribution in [0.1, 0.15) is 0 Å². The monoisotopic (exact) mass is 127 g/mol. The van der Waals surface area contributed by atoms with Crippen LogP contribution in [-0.2, 0) is 8.85 Å². The molecule has 1 rings (SSSR count). The van der Waals surface area contributed by atoms with Gasteiger partial charge in [0.25, 0.3) is 0 Å². The molecule has 0 bridgehead atoms. The highest BCUT2D eigenvalue weighted by Gasteiger charge is 1.89. The Hall–Kier alpha value is -0.613. The summed E-state index contributed by atoms with van der Waals surface area (Å²) < 4.78 is 9.67. The third-order valence-electron chi connectivity index (χ3n) is 0.585. The van der Waals surface area contributed by atoms with Gasteiger partial charge in [-0.2, -0.15) is 0 Å². The first-order chi connectivity index (χ1) is 4.00. The molecule has 0 amide bonds. The van der Waals surface area contributed by atoms with E-state index in [1.807, 2.05) is 0 Å². The van der Waals surface area contributed by atoms with Gasteiger partial charge in [0.05, 0.1) is 19.1 Å². The maximum Gasteiger partial charge on any atom is 0.521 e. The van der Waals surface area contributed by atoms with E-state index in [1.54, 1.807) is 12.4 Å². The Kier molecular flexibility index (Phi) is 2.34. The van der Waals surface area contributed by atoms with E-state index in [-0.39, 0.29) is 10.0 Å². The smallest absolute Gasteiger partial charge is 0.521 e. The minimum absolute atomic E-state index is 0.112. The fourth-order valence-electron chi connectivity index (χ4n) is 0.303. The van der Waals surface area contributed by atoms with Crippen LogP contribution >= 0.6 is 0 Å². The minimum Gasteiger partial charge on any atom is -0.522 e. The van der Waals surface area contributed by atoms with Crippen molar-refractivity contribution in [3.63, 3.8) is 0 Å². The molecule has 0 aliphatic carbocycles. The van der Waals surface area contributed by atoms with Gasteiger partial charge in [0.2, 0.25) is 0 Å². The summed E-state index contributed by atoms with van der Waals surface area (Å²) >= 11 is 0. The predicted octanol–water partition coefficient (Wildman–Crippen LogP) is 0.109. The van der Waals surface area contributed by atoms with Crippen LogP contribution in [0.15, 0.2) is 17.5 Å². The summed E-state index contributed by atoms with van der Waals surface area (Å²) in [4.78, 5) is 3.78. The Morgan fingerprint density at radius 2 is 2.62 bits per heavy atom. The summed E-state index contributed by atoms with van der Waals surface area (Å²) in [5.41, 5.74) is 0. The molecule has 0 aromatic heterocycles. The van der Waals surface area contributed by atoms with Crippen molar-refractivity contribution in [3.05, 3.63) is 12.5 Å². The molecule has 0 saturated carbocycles. The van der Waals surface area contributed by atoms with E-state index in [1.165, 1.54) is 6.26 Å². The van der Waals surface area contributed by atoms with Crippen LogP contribution in [0.4, 0.5) is 0 Å². The summed E-state index contributed by atoms with van der Waals surface area (Å²) in [7, 11) is 0.112. The molecule has 0 N–H and O–H groups in total. The molecule has 0 fully saturated rings. The molecule has 3 nitrogen and oxygen atoms in total. The summed E-state index contributed by atoms with van der Waals surface area (Å²) in [6.07, 6.45) is 4.79. The zero-order valence-corrected chi connectivity index (χ0v) is 5.20. The average Bonchev–Trinajstić information content (AvgIpc) is 1.62. The number of rotatable bonds is 0. The van der Waals surface area contributed by atoms with Crippen LogP contribution in [0.5, 0.6) is 0 Å². The Bertz CT molecular complexity index is 98.6. The quantitative estimate of drug-likeness (QED) is 0.432. The van der Waals surface area contributed by atoms with Crippen molar-refractivity contribution in [2.24, 2.45) is 4.99 Å². The topological polar surface area (TPSA) is 30.8 Å². The predicted molar refractivity (Wildman–Crippen MR) is 30.4 cm³/mol. The van der Waals surface area contributed by atoms with Crippen molar-refractivity contribution >= 4 is 16.2 Å². The molecule has 1 aliphatic rings. The van der Waals surface area contributed by atoms with E-state index in [0.717, 1.165) is 0 Å². The molecular weight excluding hydrogens is 122 g/mol. The van der Waals surface area contributed by atoms with Gasteiger partial charge < -0.3 is 8.85 Å². The highest BCUT2D eigenvalue weighted by molar-refractivity contribution is 6.18. The molecular formula is C4H5NO2Si. The molecule has 1 aliphatic heterocycles. The maximum atomic E-state index is 4.88. The van der Waals surface area contributed by atoms with Crippen molar-refractivity contribution < 1.29 is 8.85 Å². The molecule has 8 heavy (non-hydrogen) atoms. The van der Waals surface area contributed by atoms with Crippen molar-refractivity contribution in [3.8, 4) is 0 Å². The van der Waals surface area contributed by atoms with Crippen molar-refractivity contribution in [1.82, 2.24) is 0 Å². The van der Waals surface area contributed by atoms with E-state index >= 15 is 0 Å². The molecule has 0 atom stereocenters. The third-order valence-corrected chi connectivity index (χ3v) is 1.10. The summed E-state index contributed by atoms with van der Waals surface area (Å²) in [5.74, 6) is 0. The number of aliphatic imine (C=N–C) groups is 1. The van der Waals surface area contributed by atoms with Crippen molar-refractivity contribution in [2.45, 2.75) is 0 Å². The van der Waals surface area contributed by atoms with E-state index in [0.29, 0.717) is 6.61 Å². The van der Waals surface area contributed by atoms with E-state index in [2.05, 4.69) is 4.99 Å². The van der Waals surface area contributed by atoms with Crippen LogP contribution in [0.2, 0.25) is 0 Å². The van der Waals surface area contributed by atoms with Gasteiger partial charge in [-0.3, -0.25) is 4.99 Å². The molecule has 1 heterocycles. The molecule has 42 valence electrons. The Morgan fingerprint density at radius 3 is 3.62 bits per heavy atom. The highest BCUT2D eigenvalue weighted by Crippen LogP contribution is 1.81. The summed E-state index contributed by atoms with van der Waals surface area (Å²) in [5, 5.41) is 0. The SMILES string of the molecule is C1=N/C=C\O[Si]OC1. The van der Waals surface area contributed by atoms with Gasteiger partial charge in [0.15, 0.2) is 0 Å². The van der Waals surface area contributed by atoms with Crippen LogP contribution in [0, 0.1) is 0 Å². The molecule has 4 heteroatoms. The maximum absolute atomic E-state index is 4.88. The third kappa shape index (κ3) is 1.90. The molecule has 0 aromatic carbocycles. The summed E-state index contributed by atoms with van der Waals surface area (Å²) in [6, 6.07) is 0. The van der Waals surface area contributed by atoms with Crippen LogP contribution in [-0.4, -0.2) is 22.8 Å². The zero-order chi connectivity index (χ0) is 5.66. The first-order valence-corrected chi connectivity index (χ1v) is 3.01.